The molecular weight excluding hydrogens is 484 g/mol. The predicted octanol–water partition coefficient (Wildman–Crippen LogP) is 9.03. The van der Waals surface area contributed by atoms with E-state index in [0.717, 1.165) is 21.7 Å². The van der Waals surface area contributed by atoms with Gasteiger partial charge in [0.1, 0.15) is 0 Å². The Kier molecular flexibility index (Phi) is 8.66. The molecular formula is C31H31BrS. The quantitative estimate of drug-likeness (QED) is 0.238. The molecule has 1 aromatic heterocycles. The fourth-order valence-electron chi connectivity index (χ4n) is 3.91. The van der Waals surface area contributed by atoms with E-state index >= 15 is 0 Å². The molecule has 1 heterocycles. The van der Waals surface area contributed by atoms with Crippen LogP contribution < -0.4 is 9.75 Å². The van der Waals surface area contributed by atoms with Gasteiger partial charge in [-0.05, 0) is 77.4 Å². The number of fused-ring (bicyclic) bond motifs is 2. The highest BCUT2D eigenvalue weighted by atomic mass is 79.9. The zero-order chi connectivity index (χ0) is 24.0. The maximum absolute atomic E-state index is 4.27. The Labute approximate surface area is 210 Å². The van der Waals surface area contributed by atoms with E-state index in [9.17, 15) is 0 Å². The standard InChI is InChI=1S/C18H20S.C13H11Br/c1-5-9-15(10-6-2)13(3)18-14(4)16-11-7-8-12-17(16)19-18;1-9(2)10-7-8-13(14)12-6-4-3-5-11(10)12/h5,7-12H,4,6H2,1-3H3;3-8H,1H2,2H3/b9-5-,15-10+,18-13-;. The van der Waals surface area contributed by atoms with E-state index in [1.54, 1.807) is 0 Å². The molecule has 168 valence electrons. The van der Waals surface area contributed by atoms with E-state index < -0.39 is 0 Å². The Balaban J connectivity index is 0.000000194. The normalized spacial score (nSPS) is 12.7. The molecule has 0 aliphatic rings. The van der Waals surface area contributed by atoms with Crippen molar-refractivity contribution in [2.45, 2.75) is 34.1 Å². The van der Waals surface area contributed by atoms with Crippen molar-refractivity contribution in [2.75, 3.05) is 0 Å². The Morgan fingerprint density at radius 2 is 1.58 bits per heavy atom. The summed E-state index contributed by atoms with van der Waals surface area (Å²) in [4.78, 5) is 0. The van der Waals surface area contributed by atoms with Gasteiger partial charge in [-0.3, -0.25) is 0 Å². The third-order valence-electron chi connectivity index (χ3n) is 5.57. The number of rotatable bonds is 4. The molecule has 0 nitrogen and oxygen atoms in total. The van der Waals surface area contributed by atoms with Gasteiger partial charge in [0, 0.05) is 13.7 Å². The van der Waals surface area contributed by atoms with Crippen molar-refractivity contribution in [3.8, 4) is 0 Å². The predicted molar refractivity (Wildman–Crippen MR) is 155 cm³/mol. The van der Waals surface area contributed by atoms with Crippen LogP contribution in [0.4, 0.5) is 0 Å². The van der Waals surface area contributed by atoms with Gasteiger partial charge in [-0.2, -0.15) is 0 Å². The van der Waals surface area contributed by atoms with Crippen molar-refractivity contribution in [1.29, 1.82) is 0 Å². The van der Waals surface area contributed by atoms with Crippen LogP contribution in [-0.4, -0.2) is 0 Å². The third kappa shape index (κ3) is 5.63. The first-order valence-corrected chi connectivity index (χ1v) is 12.8. The molecule has 0 saturated carbocycles. The number of benzene rings is 3. The Bertz CT molecular complexity index is 1460. The number of allylic oxidation sites excluding steroid dienone is 5. The summed E-state index contributed by atoms with van der Waals surface area (Å²) >= 11 is 5.39. The van der Waals surface area contributed by atoms with E-state index in [4.69, 9.17) is 0 Å². The smallest absolute Gasteiger partial charge is 0.0384 e. The minimum Gasteiger partial charge on any atom is -0.135 e. The van der Waals surface area contributed by atoms with Gasteiger partial charge < -0.3 is 0 Å². The second-order valence-electron chi connectivity index (χ2n) is 8.02. The Morgan fingerprint density at radius 3 is 2.18 bits per heavy atom. The van der Waals surface area contributed by atoms with Crippen molar-refractivity contribution in [3.63, 3.8) is 0 Å². The molecule has 0 saturated heterocycles. The lowest BCUT2D eigenvalue weighted by Crippen LogP contribution is -2.19. The molecule has 0 amide bonds. The zero-order valence-corrected chi connectivity index (χ0v) is 22.3. The lowest BCUT2D eigenvalue weighted by Gasteiger charge is -2.07. The van der Waals surface area contributed by atoms with Crippen LogP contribution in [0.3, 0.4) is 0 Å². The molecule has 0 aliphatic heterocycles. The fourth-order valence-corrected chi connectivity index (χ4v) is 5.56. The van der Waals surface area contributed by atoms with Crippen molar-refractivity contribution < 1.29 is 0 Å². The van der Waals surface area contributed by atoms with E-state index in [2.05, 4.69) is 129 Å². The molecule has 0 radical (unpaired) electrons. The van der Waals surface area contributed by atoms with Gasteiger partial charge in [0.05, 0.1) is 0 Å². The van der Waals surface area contributed by atoms with Gasteiger partial charge in [0.15, 0.2) is 0 Å². The summed E-state index contributed by atoms with van der Waals surface area (Å²) in [6.45, 7) is 16.7. The maximum Gasteiger partial charge on any atom is 0.0384 e. The van der Waals surface area contributed by atoms with Gasteiger partial charge >= 0.3 is 0 Å². The zero-order valence-electron chi connectivity index (χ0n) is 19.9. The van der Waals surface area contributed by atoms with Crippen LogP contribution in [0.5, 0.6) is 0 Å². The first-order valence-electron chi connectivity index (χ1n) is 11.2. The first kappa shape index (κ1) is 25.0. The average molecular weight is 516 g/mol. The summed E-state index contributed by atoms with van der Waals surface area (Å²) in [6.07, 6.45) is 7.61. The number of halogens is 1. The van der Waals surface area contributed by atoms with Gasteiger partial charge in [-0.25, -0.2) is 0 Å². The van der Waals surface area contributed by atoms with Crippen molar-refractivity contribution in [2.24, 2.45) is 0 Å². The van der Waals surface area contributed by atoms with Crippen LogP contribution in [0, 0.1) is 0 Å². The highest BCUT2D eigenvalue weighted by molar-refractivity contribution is 9.10. The monoisotopic (exact) mass is 514 g/mol. The SMILES string of the molecule is C=C(C)c1ccc(Br)c2ccccc12.C=c1/c(=C(C)/C(/C=C\C)=C/CC)sc2ccccc12. The van der Waals surface area contributed by atoms with Crippen LogP contribution in [0.2, 0.25) is 0 Å². The van der Waals surface area contributed by atoms with E-state index in [0.29, 0.717) is 0 Å². The summed E-state index contributed by atoms with van der Waals surface area (Å²) < 4.78 is 3.76. The molecule has 3 aromatic carbocycles. The molecule has 33 heavy (non-hydrogen) atoms. The first-order chi connectivity index (χ1) is 15.9. The van der Waals surface area contributed by atoms with E-state index in [-0.39, 0.29) is 0 Å². The van der Waals surface area contributed by atoms with Gasteiger partial charge in [0.2, 0.25) is 0 Å². The fraction of sp³-hybridized carbons (Fsp3) is 0.161. The van der Waals surface area contributed by atoms with Crippen LogP contribution >= 0.6 is 27.3 Å². The topological polar surface area (TPSA) is 0 Å². The molecule has 0 fully saturated rings. The Morgan fingerprint density at radius 1 is 0.939 bits per heavy atom. The summed E-state index contributed by atoms with van der Waals surface area (Å²) in [5, 5.41) is 4.94. The van der Waals surface area contributed by atoms with Gasteiger partial charge in [0.25, 0.3) is 0 Å². The largest absolute Gasteiger partial charge is 0.135 e. The molecule has 0 spiro atoms. The molecule has 4 aromatic rings. The molecule has 0 bridgehead atoms. The highest BCUT2D eigenvalue weighted by Crippen LogP contribution is 2.29. The molecule has 0 unspecified atom stereocenters. The molecule has 0 aliphatic carbocycles. The van der Waals surface area contributed by atoms with Gasteiger partial charge in [-0.15, -0.1) is 11.3 Å². The van der Waals surface area contributed by atoms with Crippen LogP contribution in [-0.2, 0) is 0 Å². The summed E-state index contributed by atoms with van der Waals surface area (Å²) in [5.74, 6) is 0. The van der Waals surface area contributed by atoms with Crippen molar-refractivity contribution >= 4 is 65.9 Å². The second-order valence-corrected chi connectivity index (χ2v) is 9.93. The minimum absolute atomic E-state index is 1.05. The molecule has 0 atom stereocenters. The van der Waals surface area contributed by atoms with Crippen molar-refractivity contribution in [3.05, 3.63) is 111 Å². The van der Waals surface area contributed by atoms with Gasteiger partial charge in [-0.1, -0.05) is 108 Å². The van der Waals surface area contributed by atoms with Crippen LogP contribution in [0.25, 0.3) is 38.6 Å². The maximum atomic E-state index is 4.27. The van der Waals surface area contributed by atoms with E-state index in [1.807, 2.05) is 18.3 Å². The summed E-state index contributed by atoms with van der Waals surface area (Å²) in [5.41, 5.74) is 4.96. The minimum atomic E-state index is 1.05. The summed E-state index contributed by atoms with van der Waals surface area (Å²) in [6, 6.07) is 21.0. The molecule has 4 rings (SSSR count). The third-order valence-corrected chi connectivity index (χ3v) is 7.60. The molecule has 0 N–H and O–H groups in total. The van der Waals surface area contributed by atoms with E-state index in [1.165, 1.54) is 42.1 Å². The highest BCUT2D eigenvalue weighted by Gasteiger charge is 2.04. The lowest BCUT2D eigenvalue weighted by atomic mass is 10.0. The molecule has 2 heteroatoms. The number of thiophene rings is 1. The summed E-state index contributed by atoms with van der Waals surface area (Å²) in [7, 11) is 0. The number of hydrogen-bond acceptors (Lipinski definition) is 1. The number of hydrogen-bond donors (Lipinski definition) is 0. The van der Waals surface area contributed by atoms with Crippen LogP contribution in [0.1, 0.15) is 39.7 Å². The Hall–Kier alpha value is -2.68. The second kappa shape index (κ2) is 11.4. The van der Waals surface area contributed by atoms with Crippen molar-refractivity contribution in [1.82, 2.24) is 0 Å². The lowest BCUT2D eigenvalue weighted by molar-refractivity contribution is 1.21. The average Bonchev–Trinajstić information content (AvgIpc) is 3.16. The van der Waals surface area contributed by atoms with Crippen LogP contribution in [0.15, 0.2) is 95.5 Å².